The SMILES string of the molecule is Cc1cc(-c2ccc3c(c2)c(C(=O)O)cn3C)ccc1Cl. The topological polar surface area (TPSA) is 42.2 Å². The molecule has 21 heavy (non-hydrogen) atoms. The molecule has 0 saturated heterocycles. The molecule has 0 aliphatic carbocycles. The number of halogens is 1. The van der Waals surface area contributed by atoms with Gasteiger partial charge >= 0.3 is 5.97 Å². The second kappa shape index (κ2) is 4.93. The van der Waals surface area contributed by atoms with Crippen LogP contribution in [0.1, 0.15) is 15.9 Å². The predicted molar refractivity (Wildman–Crippen MR) is 85.1 cm³/mol. The number of aryl methyl sites for hydroxylation is 2. The molecule has 0 aliphatic rings. The molecule has 0 bridgehead atoms. The zero-order valence-corrected chi connectivity index (χ0v) is 12.5. The van der Waals surface area contributed by atoms with Crippen molar-refractivity contribution in [3.8, 4) is 11.1 Å². The van der Waals surface area contributed by atoms with Gasteiger partial charge in [-0.3, -0.25) is 0 Å². The summed E-state index contributed by atoms with van der Waals surface area (Å²) in [5, 5.41) is 10.8. The van der Waals surface area contributed by atoms with E-state index in [-0.39, 0.29) is 0 Å². The molecular formula is C17H14ClNO2. The smallest absolute Gasteiger partial charge is 0.337 e. The average Bonchev–Trinajstić information content (AvgIpc) is 2.79. The largest absolute Gasteiger partial charge is 0.478 e. The van der Waals surface area contributed by atoms with E-state index in [1.807, 2.05) is 54.9 Å². The van der Waals surface area contributed by atoms with Gasteiger partial charge in [0.2, 0.25) is 0 Å². The highest BCUT2D eigenvalue weighted by Gasteiger charge is 2.13. The number of fused-ring (bicyclic) bond motifs is 1. The lowest BCUT2D eigenvalue weighted by atomic mass is 10.0. The molecule has 3 aromatic rings. The Hall–Kier alpha value is -2.26. The van der Waals surface area contributed by atoms with Crippen molar-refractivity contribution in [2.45, 2.75) is 6.92 Å². The van der Waals surface area contributed by atoms with Crippen molar-refractivity contribution in [1.29, 1.82) is 0 Å². The monoisotopic (exact) mass is 299 g/mol. The van der Waals surface area contributed by atoms with E-state index >= 15 is 0 Å². The number of hydrogen-bond acceptors (Lipinski definition) is 1. The van der Waals surface area contributed by atoms with Gasteiger partial charge in [0, 0.05) is 29.2 Å². The highest BCUT2D eigenvalue weighted by Crippen LogP contribution is 2.29. The summed E-state index contributed by atoms with van der Waals surface area (Å²) in [6.45, 7) is 1.95. The van der Waals surface area contributed by atoms with Crippen LogP contribution in [0.2, 0.25) is 5.02 Å². The number of carboxylic acid groups (broad SMARTS) is 1. The van der Waals surface area contributed by atoms with E-state index in [0.717, 1.165) is 32.6 Å². The standard InChI is InChI=1S/C17H14ClNO2/c1-10-7-11(3-5-15(10)18)12-4-6-16-13(8-12)14(17(20)21)9-19(16)2/h3-9H,1-2H3,(H,20,21). The summed E-state index contributed by atoms with van der Waals surface area (Å²) in [7, 11) is 1.85. The van der Waals surface area contributed by atoms with Crippen molar-refractivity contribution in [2.75, 3.05) is 0 Å². The third kappa shape index (κ3) is 2.30. The molecule has 0 aliphatic heterocycles. The summed E-state index contributed by atoms with van der Waals surface area (Å²) < 4.78 is 1.83. The van der Waals surface area contributed by atoms with Gasteiger partial charge in [-0.2, -0.15) is 0 Å². The summed E-state index contributed by atoms with van der Waals surface area (Å²) in [5.74, 6) is -0.912. The minimum atomic E-state index is -0.912. The number of rotatable bonds is 2. The lowest BCUT2D eigenvalue weighted by molar-refractivity contribution is 0.0699. The van der Waals surface area contributed by atoms with Gasteiger partial charge in [-0.05, 0) is 47.9 Å². The van der Waals surface area contributed by atoms with E-state index in [1.165, 1.54) is 0 Å². The number of aromatic nitrogens is 1. The van der Waals surface area contributed by atoms with E-state index < -0.39 is 5.97 Å². The minimum Gasteiger partial charge on any atom is -0.478 e. The summed E-state index contributed by atoms with van der Waals surface area (Å²) in [6.07, 6.45) is 1.64. The van der Waals surface area contributed by atoms with E-state index in [1.54, 1.807) is 6.20 Å². The van der Waals surface area contributed by atoms with E-state index in [9.17, 15) is 9.90 Å². The van der Waals surface area contributed by atoms with Gasteiger partial charge in [0.15, 0.2) is 0 Å². The summed E-state index contributed by atoms with van der Waals surface area (Å²) in [5.41, 5.74) is 4.23. The normalized spacial score (nSPS) is 11.0. The Labute approximate surface area is 127 Å². The Morgan fingerprint density at radius 3 is 2.48 bits per heavy atom. The maximum absolute atomic E-state index is 11.3. The van der Waals surface area contributed by atoms with Gasteiger partial charge in [-0.15, -0.1) is 0 Å². The van der Waals surface area contributed by atoms with Crippen LogP contribution >= 0.6 is 11.6 Å². The molecule has 0 spiro atoms. The van der Waals surface area contributed by atoms with Crippen LogP contribution in [-0.4, -0.2) is 15.6 Å². The highest BCUT2D eigenvalue weighted by molar-refractivity contribution is 6.31. The Morgan fingerprint density at radius 1 is 1.14 bits per heavy atom. The second-order valence-corrected chi connectivity index (χ2v) is 5.56. The first kappa shape index (κ1) is 13.7. The third-order valence-electron chi connectivity index (χ3n) is 3.71. The summed E-state index contributed by atoms with van der Waals surface area (Å²) in [6, 6.07) is 11.7. The fraction of sp³-hybridized carbons (Fsp3) is 0.118. The van der Waals surface area contributed by atoms with Gasteiger partial charge in [-0.1, -0.05) is 23.7 Å². The fourth-order valence-corrected chi connectivity index (χ4v) is 2.68. The number of hydrogen-bond donors (Lipinski definition) is 1. The number of carbonyl (C=O) groups is 1. The Morgan fingerprint density at radius 2 is 1.81 bits per heavy atom. The maximum atomic E-state index is 11.3. The maximum Gasteiger partial charge on any atom is 0.337 e. The van der Waals surface area contributed by atoms with Crippen LogP contribution in [0.5, 0.6) is 0 Å². The van der Waals surface area contributed by atoms with Gasteiger partial charge in [0.1, 0.15) is 0 Å². The second-order valence-electron chi connectivity index (χ2n) is 5.15. The van der Waals surface area contributed by atoms with Crippen LogP contribution in [0.25, 0.3) is 22.0 Å². The molecule has 3 rings (SSSR count). The number of aromatic carboxylic acids is 1. The van der Waals surface area contributed by atoms with Gasteiger partial charge in [0.25, 0.3) is 0 Å². The number of nitrogens with zero attached hydrogens (tertiary/aromatic N) is 1. The van der Waals surface area contributed by atoms with Gasteiger partial charge in [0.05, 0.1) is 5.56 Å². The van der Waals surface area contributed by atoms with Crippen LogP contribution in [0.4, 0.5) is 0 Å². The lowest BCUT2D eigenvalue weighted by Gasteiger charge is -2.06. The quantitative estimate of drug-likeness (QED) is 0.756. The molecule has 0 radical (unpaired) electrons. The Balaban J connectivity index is 2.22. The Bertz CT molecular complexity index is 865. The van der Waals surface area contributed by atoms with Gasteiger partial charge < -0.3 is 9.67 Å². The molecule has 2 aromatic carbocycles. The first-order chi connectivity index (χ1) is 9.97. The zero-order valence-electron chi connectivity index (χ0n) is 11.7. The van der Waals surface area contributed by atoms with Gasteiger partial charge in [-0.25, -0.2) is 4.79 Å². The molecule has 1 N–H and O–H groups in total. The van der Waals surface area contributed by atoms with Crippen molar-refractivity contribution < 1.29 is 9.90 Å². The van der Waals surface area contributed by atoms with Crippen LogP contribution in [0, 0.1) is 6.92 Å². The molecule has 1 heterocycles. The van der Waals surface area contributed by atoms with Crippen molar-refractivity contribution in [2.24, 2.45) is 7.05 Å². The minimum absolute atomic E-state index is 0.319. The lowest BCUT2D eigenvalue weighted by Crippen LogP contribution is -1.94. The zero-order chi connectivity index (χ0) is 15.1. The molecular weight excluding hydrogens is 286 g/mol. The molecule has 106 valence electrons. The molecule has 0 unspecified atom stereocenters. The molecule has 0 saturated carbocycles. The predicted octanol–water partition coefficient (Wildman–Crippen LogP) is 4.51. The van der Waals surface area contributed by atoms with Crippen LogP contribution in [0.15, 0.2) is 42.6 Å². The third-order valence-corrected chi connectivity index (χ3v) is 4.14. The number of benzene rings is 2. The van der Waals surface area contributed by atoms with E-state index in [0.29, 0.717) is 5.56 Å². The number of carboxylic acids is 1. The van der Waals surface area contributed by atoms with E-state index in [2.05, 4.69) is 0 Å². The first-order valence-electron chi connectivity index (χ1n) is 6.56. The molecule has 0 fully saturated rings. The van der Waals surface area contributed by atoms with Crippen LogP contribution in [0.3, 0.4) is 0 Å². The first-order valence-corrected chi connectivity index (χ1v) is 6.94. The van der Waals surface area contributed by atoms with Crippen LogP contribution in [-0.2, 0) is 7.05 Å². The molecule has 4 heteroatoms. The highest BCUT2D eigenvalue weighted by atomic mass is 35.5. The van der Waals surface area contributed by atoms with Crippen molar-refractivity contribution in [3.63, 3.8) is 0 Å². The summed E-state index contributed by atoms with van der Waals surface area (Å²) in [4.78, 5) is 11.3. The molecule has 3 nitrogen and oxygen atoms in total. The average molecular weight is 300 g/mol. The molecule has 0 amide bonds. The fourth-order valence-electron chi connectivity index (χ4n) is 2.57. The van der Waals surface area contributed by atoms with Crippen molar-refractivity contribution >= 4 is 28.5 Å². The van der Waals surface area contributed by atoms with Crippen LogP contribution < -0.4 is 0 Å². The van der Waals surface area contributed by atoms with Crippen molar-refractivity contribution in [1.82, 2.24) is 4.57 Å². The summed E-state index contributed by atoms with van der Waals surface area (Å²) >= 11 is 6.05. The van der Waals surface area contributed by atoms with Crippen molar-refractivity contribution in [3.05, 3.63) is 58.7 Å². The molecule has 0 atom stereocenters. The molecule has 1 aromatic heterocycles. The Kier molecular flexibility index (Phi) is 3.22. The van der Waals surface area contributed by atoms with E-state index in [4.69, 9.17) is 11.6 Å².